The zero-order chi connectivity index (χ0) is 11.3. The summed E-state index contributed by atoms with van der Waals surface area (Å²) in [7, 11) is 0. The quantitative estimate of drug-likeness (QED) is 0.795. The minimum atomic E-state index is -0.319. The number of rotatable bonds is 1. The Morgan fingerprint density at radius 3 is 2.56 bits per heavy atom. The molecule has 0 radical (unpaired) electrons. The van der Waals surface area contributed by atoms with Crippen molar-refractivity contribution in [3.05, 3.63) is 40.9 Å². The van der Waals surface area contributed by atoms with Crippen LogP contribution in [0.25, 0.3) is 10.8 Å². The van der Waals surface area contributed by atoms with Crippen molar-refractivity contribution in [3.8, 4) is 5.75 Å². The number of phenolic OH excluding ortho intramolecular Hbond substituents is 1. The molecular weight excluding hydrogens is 222 g/mol. The molecule has 0 aromatic heterocycles. The Hall–Kier alpha value is -1.25. The van der Waals surface area contributed by atoms with Crippen molar-refractivity contribution in [2.24, 2.45) is 5.73 Å². The third-order valence-corrected chi connectivity index (χ3v) is 3.48. The molecule has 1 saturated carbocycles. The van der Waals surface area contributed by atoms with Gasteiger partial charge in [-0.15, -0.1) is 0 Å². The topological polar surface area (TPSA) is 46.2 Å². The van der Waals surface area contributed by atoms with Crippen molar-refractivity contribution in [1.29, 1.82) is 0 Å². The van der Waals surface area contributed by atoms with Crippen molar-refractivity contribution in [2.45, 2.75) is 18.4 Å². The lowest BCUT2D eigenvalue weighted by molar-refractivity contribution is 0.461. The van der Waals surface area contributed by atoms with Gasteiger partial charge in [-0.2, -0.15) is 0 Å². The molecule has 0 heterocycles. The SMILES string of the molecule is NC1(c2cc3cc(Cl)ccc3cc2O)CC1. The molecule has 3 rings (SSSR count). The molecule has 1 aliphatic carbocycles. The molecule has 16 heavy (non-hydrogen) atoms. The Bertz CT molecular complexity index is 575. The van der Waals surface area contributed by atoms with Crippen molar-refractivity contribution in [3.63, 3.8) is 0 Å². The average Bonchev–Trinajstić information content (AvgIpc) is 2.97. The van der Waals surface area contributed by atoms with Crippen molar-refractivity contribution in [1.82, 2.24) is 0 Å². The molecular formula is C13H12ClNO. The fourth-order valence-corrected chi connectivity index (χ4v) is 2.24. The highest BCUT2D eigenvalue weighted by molar-refractivity contribution is 6.31. The number of fused-ring (bicyclic) bond motifs is 1. The van der Waals surface area contributed by atoms with Crippen LogP contribution in [0.1, 0.15) is 18.4 Å². The molecule has 0 amide bonds. The van der Waals surface area contributed by atoms with E-state index in [2.05, 4.69) is 0 Å². The second-order valence-electron chi connectivity index (χ2n) is 4.52. The maximum absolute atomic E-state index is 9.94. The van der Waals surface area contributed by atoms with E-state index in [1.54, 1.807) is 6.07 Å². The Kier molecular flexibility index (Phi) is 1.94. The van der Waals surface area contributed by atoms with E-state index in [1.807, 2.05) is 24.3 Å². The zero-order valence-corrected chi connectivity index (χ0v) is 9.46. The van der Waals surface area contributed by atoms with Gasteiger partial charge in [0.25, 0.3) is 0 Å². The highest BCUT2D eigenvalue weighted by Gasteiger charge is 2.42. The van der Waals surface area contributed by atoms with Crippen molar-refractivity contribution < 1.29 is 5.11 Å². The first-order valence-corrected chi connectivity index (χ1v) is 5.68. The van der Waals surface area contributed by atoms with Gasteiger partial charge in [-0.1, -0.05) is 17.7 Å². The van der Waals surface area contributed by atoms with Crippen LogP contribution in [0.5, 0.6) is 5.75 Å². The first kappa shape index (κ1) is 9.94. The van der Waals surface area contributed by atoms with E-state index in [4.69, 9.17) is 17.3 Å². The smallest absolute Gasteiger partial charge is 0.121 e. The number of nitrogens with two attached hydrogens (primary N) is 1. The molecule has 2 aromatic carbocycles. The van der Waals surface area contributed by atoms with Crippen LogP contribution in [0.2, 0.25) is 5.02 Å². The highest BCUT2D eigenvalue weighted by atomic mass is 35.5. The second-order valence-corrected chi connectivity index (χ2v) is 4.95. The molecule has 0 bridgehead atoms. The van der Waals surface area contributed by atoms with E-state index in [9.17, 15) is 5.11 Å². The van der Waals surface area contributed by atoms with Crippen LogP contribution in [0, 0.1) is 0 Å². The van der Waals surface area contributed by atoms with Gasteiger partial charge in [0.15, 0.2) is 0 Å². The van der Waals surface area contributed by atoms with E-state index in [-0.39, 0.29) is 11.3 Å². The summed E-state index contributed by atoms with van der Waals surface area (Å²) in [6.45, 7) is 0. The summed E-state index contributed by atoms with van der Waals surface area (Å²) in [5, 5.41) is 12.6. The lowest BCUT2D eigenvalue weighted by Crippen LogP contribution is -2.18. The molecule has 2 nitrogen and oxygen atoms in total. The van der Waals surface area contributed by atoms with Gasteiger partial charge in [-0.05, 0) is 47.9 Å². The molecule has 1 aliphatic rings. The van der Waals surface area contributed by atoms with E-state index in [0.29, 0.717) is 5.02 Å². The molecule has 3 heteroatoms. The Labute approximate surface area is 98.6 Å². The molecule has 0 aliphatic heterocycles. The van der Waals surface area contributed by atoms with Gasteiger partial charge in [0, 0.05) is 16.1 Å². The molecule has 0 atom stereocenters. The number of phenols is 1. The molecule has 0 spiro atoms. The van der Waals surface area contributed by atoms with Crippen LogP contribution in [0.15, 0.2) is 30.3 Å². The summed E-state index contributed by atoms with van der Waals surface area (Å²) in [5.41, 5.74) is 6.62. The van der Waals surface area contributed by atoms with Crippen LogP contribution in [-0.4, -0.2) is 5.11 Å². The number of aromatic hydroxyl groups is 1. The average molecular weight is 234 g/mol. The van der Waals surface area contributed by atoms with Gasteiger partial charge in [0.1, 0.15) is 5.75 Å². The standard InChI is InChI=1S/C13H12ClNO/c14-10-2-1-8-7-12(16)11(6-9(8)5-10)13(15)3-4-13/h1-2,5-7,16H,3-4,15H2. The fourth-order valence-electron chi connectivity index (χ4n) is 2.06. The van der Waals surface area contributed by atoms with Crippen molar-refractivity contribution in [2.75, 3.05) is 0 Å². The van der Waals surface area contributed by atoms with Gasteiger partial charge in [-0.25, -0.2) is 0 Å². The van der Waals surface area contributed by atoms with E-state index in [0.717, 1.165) is 29.2 Å². The van der Waals surface area contributed by atoms with Crippen LogP contribution >= 0.6 is 11.6 Å². The van der Waals surface area contributed by atoms with E-state index < -0.39 is 0 Å². The van der Waals surface area contributed by atoms with Crippen LogP contribution in [-0.2, 0) is 5.54 Å². The van der Waals surface area contributed by atoms with Gasteiger partial charge in [-0.3, -0.25) is 0 Å². The Balaban J connectivity index is 2.27. The number of benzene rings is 2. The third-order valence-electron chi connectivity index (χ3n) is 3.24. The monoisotopic (exact) mass is 233 g/mol. The predicted octanol–water partition coefficient (Wildman–Crippen LogP) is 3.15. The van der Waals surface area contributed by atoms with Crippen LogP contribution < -0.4 is 5.73 Å². The summed E-state index contributed by atoms with van der Waals surface area (Å²) in [5.74, 6) is 0.287. The summed E-state index contributed by atoms with van der Waals surface area (Å²) in [4.78, 5) is 0. The first-order valence-electron chi connectivity index (χ1n) is 5.30. The lowest BCUT2D eigenvalue weighted by Gasteiger charge is -2.12. The Morgan fingerprint density at radius 1 is 1.12 bits per heavy atom. The van der Waals surface area contributed by atoms with Gasteiger partial charge in [0.05, 0.1) is 0 Å². The predicted molar refractivity (Wildman–Crippen MR) is 65.7 cm³/mol. The maximum Gasteiger partial charge on any atom is 0.121 e. The van der Waals surface area contributed by atoms with Gasteiger partial charge in [0.2, 0.25) is 0 Å². The maximum atomic E-state index is 9.94. The summed E-state index contributed by atoms with van der Waals surface area (Å²) in [6, 6.07) is 9.32. The summed E-state index contributed by atoms with van der Waals surface area (Å²) >= 11 is 5.95. The van der Waals surface area contributed by atoms with Gasteiger partial charge >= 0.3 is 0 Å². The second kappa shape index (κ2) is 3.12. The molecule has 0 saturated heterocycles. The highest BCUT2D eigenvalue weighted by Crippen LogP contribution is 2.47. The normalized spacial score (nSPS) is 17.6. The third kappa shape index (κ3) is 1.46. The number of hydrogen-bond donors (Lipinski definition) is 2. The fraction of sp³-hybridized carbons (Fsp3) is 0.231. The molecule has 2 aromatic rings. The van der Waals surface area contributed by atoms with E-state index >= 15 is 0 Å². The molecule has 82 valence electrons. The van der Waals surface area contributed by atoms with Crippen LogP contribution in [0.3, 0.4) is 0 Å². The number of halogens is 1. The summed E-state index contributed by atoms with van der Waals surface area (Å²) in [6.07, 6.45) is 1.87. The number of hydrogen-bond acceptors (Lipinski definition) is 2. The van der Waals surface area contributed by atoms with Crippen LogP contribution in [0.4, 0.5) is 0 Å². The van der Waals surface area contributed by atoms with E-state index in [1.165, 1.54) is 0 Å². The molecule has 3 N–H and O–H groups in total. The lowest BCUT2D eigenvalue weighted by atomic mass is 9.99. The molecule has 0 unspecified atom stereocenters. The minimum absolute atomic E-state index is 0.287. The zero-order valence-electron chi connectivity index (χ0n) is 8.70. The Morgan fingerprint density at radius 2 is 1.88 bits per heavy atom. The van der Waals surface area contributed by atoms with Crippen molar-refractivity contribution >= 4 is 22.4 Å². The minimum Gasteiger partial charge on any atom is -0.508 e. The molecule has 1 fully saturated rings. The first-order chi connectivity index (χ1) is 7.58. The van der Waals surface area contributed by atoms with Gasteiger partial charge < -0.3 is 10.8 Å². The largest absolute Gasteiger partial charge is 0.508 e. The summed E-state index contributed by atoms with van der Waals surface area (Å²) < 4.78 is 0.